The van der Waals surface area contributed by atoms with Crippen LogP contribution < -0.4 is 4.74 Å². The molecule has 0 bridgehead atoms. The molecule has 1 fully saturated rings. The molecule has 1 heterocycles. The molecule has 5 heteroatoms. The van der Waals surface area contributed by atoms with Crippen LogP contribution in [0.25, 0.3) is 6.08 Å². The highest BCUT2D eigenvalue weighted by Gasteiger charge is 2.22. The van der Waals surface area contributed by atoms with E-state index < -0.39 is 0 Å². The normalized spacial score (nSPS) is 15.1. The fraction of sp³-hybridized carbons (Fsp3) is 0.400. The van der Waals surface area contributed by atoms with Gasteiger partial charge in [0.25, 0.3) is 5.91 Å². The SMILES string of the molecule is COc1ccc(C(=O)N2CCN(C/C=C/c3ccccc3)CC2)cc1COC(C)C. The Hall–Kier alpha value is -2.63. The molecule has 30 heavy (non-hydrogen) atoms. The maximum absolute atomic E-state index is 13.0. The topological polar surface area (TPSA) is 42.0 Å². The molecule has 0 radical (unpaired) electrons. The second-order valence-corrected chi connectivity index (χ2v) is 7.79. The van der Waals surface area contributed by atoms with Crippen LogP contribution >= 0.6 is 0 Å². The first kappa shape index (κ1) is 22.1. The summed E-state index contributed by atoms with van der Waals surface area (Å²) in [6.07, 6.45) is 4.46. The fourth-order valence-electron chi connectivity index (χ4n) is 3.50. The van der Waals surface area contributed by atoms with Crippen LogP contribution in [0.5, 0.6) is 5.75 Å². The predicted molar refractivity (Wildman–Crippen MR) is 121 cm³/mol. The molecule has 5 nitrogen and oxygen atoms in total. The van der Waals surface area contributed by atoms with Crippen molar-refractivity contribution in [3.63, 3.8) is 0 Å². The van der Waals surface area contributed by atoms with Crippen LogP contribution in [0.4, 0.5) is 0 Å². The van der Waals surface area contributed by atoms with Crippen molar-refractivity contribution in [1.82, 2.24) is 9.80 Å². The van der Waals surface area contributed by atoms with Gasteiger partial charge in [-0.2, -0.15) is 0 Å². The molecule has 1 aliphatic rings. The van der Waals surface area contributed by atoms with Crippen LogP contribution in [-0.2, 0) is 11.3 Å². The molecule has 2 aromatic carbocycles. The minimum absolute atomic E-state index is 0.0722. The van der Waals surface area contributed by atoms with Crippen molar-refractivity contribution in [2.24, 2.45) is 0 Å². The quantitative estimate of drug-likeness (QED) is 0.660. The Morgan fingerprint density at radius 1 is 1.07 bits per heavy atom. The van der Waals surface area contributed by atoms with Crippen LogP contribution in [0, 0.1) is 0 Å². The summed E-state index contributed by atoms with van der Waals surface area (Å²) in [5.74, 6) is 0.824. The van der Waals surface area contributed by atoms with Gasteiger partial charge in [0.05, 0.1) is 19.8 Å². The number of rotatable bonds is 8. The van der Waals surface area contributed by atoms with E-state index in [4.69, 9.17) is 9.47 Å². The Kier molecular flexibility index (Phi) is 8.05. The first-order valence-electron chi connectivity index (χ1n) is 10.6. The van der Waals surface area contributed by atoms with Crippen LogP contribution in [-0.4, -0.2) is 61.6 Å². The van der Waals surface area contributed by atoms with Gasteiger partial charge in [0, 0.05) is 43.9 Å². The van der Waals surface area contributed by atoms with Gasteiger partial charge < -0.3 is 14.4 Å². The van der Waals surface area contributed by atoms with Gasteiger partial charge in [-0.3, -0.25) is 9.69 Å². The number of ether oxygens (including phenoxy) is 2. The molecule has 0 aliphatic carbocycles. The average molecular weight is 409 g/mol. The minimum atomic E-state index is 0.0722. The van der Waals surface area contributed by atoms with E-state index in [9.17, 15) is 4.79 Å². The number of piperazine rings is 1. The molecule has 2 aromatic rings. The molecule has 0 N–H and O–H groups in total. The number of amides is 1. The molecule has 1 aliphatic heterocycles. The van der Waals surface area contributed by atoms with Crippen molar-refractivity contribution in [2.75, 3.05) is 39.8 Å². The van der Waals surface area contributed by atoms with Gasteiger partial charge in [0.2, 0.25) is 0 Å². The number of carbonyl (C=O) groups is 1. The Morgan fingerprint density at radius 3 is 2.47 bits per heavy atom. The average Bonchev–Trinajstić information content (AvgIpc) is 2.78. The van der Waals surface area contributed by atoms with Gasteiger partial charge in [-0.1, -0.05) is 42.5 Å². The van der Waals surface area contributed by atoms with Crippen molar-refractivity contribution in [2.45, 2.75) is 26.6 Å². The molecule has 0 atom stereocenters. The largest absolute Gasteiger partial charge is 0.496 e. The third-order valence-electron chi connectivity index (χ3n) is 5.23. The summed E-state index contributed by atoms with van der Waals surface area (Å²) in [7, 11) is 1.64. The summed E-state index contributed by atoms with van der Waals surface area (Å²) in [5, 5.41) is 0. The van der Waals surface area contributed by atoms with Crippen molar-refractivity contribution in [3.05, 3.63) is 71.3 Å². The van der Waals surface area contributed by atoms with Gasteiger partial charge in [-0.15, -0.1) is 0 Å². The first-order valence-corrected chi connectivity index (χ1v) is 10.6. The molecule has 160 valence electrons. The summed E-state index contributed by atoms with van der Waals surface area (Å²) in [4.78, 5) is 17.3. The van der Waals surface area contributed by atoms with Crippen molar-refractivity contribution in [3.8, 4) is 5.75 Å². The number of hydrogen-bond acceptors (Lipinski definition) is 4. The lowest BCUT2D eigenvalue weighted by molar-refractivity contribution is 0.0632. The predicted octanol–water partition coefficient (Wildman–Crippen LogP) is 4.09. The second kappa shape index (κ2) is 11.0. The van der Waals surface area contributed by atoms with E-state index in [1.807, 2.05) is 55.1 Å². The maximum atomic E-state index is 13.0. The molecule has 0 saturated carbocycles. The lowest BCUT2D eigenvalue weighted by Crippen LogP contribution is -2.48. The van der Waals surface area contributed by atoms with E-state index in [1.54, 1.807) is 7.11 Å². The van der Waals surface area contributed by atoms with Gasteiger partial charge in [0.15, 0.2) is 0 Å². The lowest BCUT2D eigenvalue weighted by atomic mass is 10.1. The Morgan fingerprint density at radius 2 is 1.80 bits per heavy atom. The molecular weight excluding hydrogens is 376 g/mol. The molecule has 3 rings (SSSR count). The summed E-state index contributed by atoms with van der Waals surface area (Å²) >= 11 is 0. The molecular formula is C25H32N2O3. The zero-order valence-electron chi connectivity index (χ0n) is 18.2. The Balaban J connectivity index is 1.54. The molecule has 1 amide bonds. The summed E-state index contributed by atoms with van der Waals surface area (Å²) < 4.78 is 11.1. The zero-order valence-corrected chi connectivity index (χ0v) is 18.2. The maximum Gasteiger partial charge on any atom is 0.253 e. The highest BCUT2D eigenvalue weighted by Crippen LogP contribution is 2.22. The van der Waals surface area contributed by atoms with E-state index >= 15 is 0 Å². The van der Waals surface area contributed by atoms with E-state index in [2.05, 4.69) is 29.2 Å². The number of methoxy groups -OCH3 is 1. The fourth-order valence-corrected chi connectivity index (χ4v) is 3.50. The van der Waals surface area contributed by atoms with Crippen molar-refractivity contribution < 1.29 is 14.3 Å². The summed E-state index contributed by atoms with van der Waals surface area (Å²) in [5.41, 5.74) is 2.81. The van der Waals surface area contributed by atoms with Gasteiger partial charge in [-0.25, -0.2) is 0 Å². The third-order valence-corrected chi connectivity index (χ3v) is 5.23. The van der Waals surface area contributed by atoms with Gasteiger partial charge in [-0.05, 0) is 37.6 Å². The van der Waals surface area contributed by atoms with Crippen LogP contribution in [0.15, 0.2) is 54.6 Å². The monoisotopic (exact) mass is 408 g/mol. The molecule has 0 unspecified atom stereocenters. The van der Waals surface area contributed by atoms with Gasteiger partial charge in [0.1, 0.15) is 5.75 Å². The van der Waals surface area contributed by atoms with Crippen LogP contribution in [0.2, 0.25) is 0 Å². The Labute approximate surface area is 179 Å². The van der Waals surface area contributed by atoms with Crippen LogP contribution in [0.3, 0.4) is 0 Å². The van der Waals surface area contributed by atoms with Crippen molar-refractivity contribution in [1.29, 1.82) is 0 Å². The summed E-state index contributed by atoms with van der Waals surface area (Å²) in [6.45, 7) is 8.56. The molecule has 1 saturated heterocycles. The standard InChI is InChI=1S/C25H32N2O3/c1-20(2)30-19-23-18-22(11-12-24(23)29-3)25(28)27-16-14-26(15-17-27)13-7-10-21-8-5-4-6-9-21/h4-12,18,20H,13-17,19H2,1-3H3/b10-7+. The van der Waals surface area contributed by atoms with E-state index in [0.29, 0.717) is 12.2 Å². The van der Waals surface area contributed by atoms with E-state index in [1.165, 1.54) is 5.56 Å². The first-order chi connectivity index (χ1) is 14.6. The lowest BCUT2D eigenvalue weighted by Gasteiger charge is -2.34. The molecule has 0 spiro atoms. The van der Waals surface area contributed by atoms with Gasteiger partial charge >= 0.3 is 0 Å². The number of benzene rings is 2. The highest BCUT2D eigenvalue weighted by atomic mass is 16.5. The second-order valence-electron chi connectivity index (χ2n) is 7.79. The summed E-state index contributed by atoms with van der Waals surface area (Å²) in [6, 6.07) is 15.9. The van der Waals surface area contributed by atoms with Crippen molar-refractivity contribution >= 4 is 12.0 Å². The molecule has 0 aromatic heterocycles. The third kappa shape index (κ3) is 6.18. The van der Waals surface area contributed by atoms with E-state index in [0.717, 1.165) is 44.0 Å². The number of carbonyl (C=O) groups excluding carboxylic acids is 1. The number of nitrogens with zero attached hydrogens (tertiary/aromatic N) is 2. The highest BCUT2D eigenvalue weighted by molar-refractivity contribution is 5.94. The smallest absolute Gasteiger partial charge is 0.253 e. The zero-order chi connectivity index (χ0) is 21.3. The van der Waals surface area contributed by atoms with E-state index in [-0.39, 0.29) is 12.0 Å². The Bertz CT molecular complexity index is 841. The number of hydrogen-bond donors (Lipinski definition) is 0. The van der Waals surface area contributed by atoms with Crippen LogP contribution in [0.1, 0.15) is 35.3 Å². The minimum Gasteiger partial charge on any atom is -0.496 e.